The highest BCUT2D eigenvalue weighted by Gasteiger charge is 2.36. The van der Waals surface area contributed by atoms with Crippen LogP contribution in [0, 0.1) is 0 Å². The van der Waals surface area contributed by atoms with E-state index in [1.807, 2.05) is 0 Å². The molecule has 1 aliphatic carbocycles. The number of aromatic nitrogens is 1. The van der Waals surface area contributed by atoms with Crippen LogP contribution in [0.25, 0.3) is 93.6 Å². The summed E-state index contributed by atoms with van der Waals surface area (Å²) in [7, 11) is 0. The first-order valence-electron chi connectivity index (χ1n) is 22.2. The molecule has 12 aromatic rings. The Morgan fingerprint density at radius 2 is 1.03 bits per heavy atom. The Labute approximate surface area is 371 Å². The molecule has 0 radical (unpaired) electrons. The second kappa shape index (κ2) is 13.9. The number of furan rings is 1. The first-order valence-corrected chi connectivity index (χ1v) is 22.2. The number of para-hydroxylation sites is 2. The highest BCUT2D eigenvalue weighted by Crippen LogP contribution is 2.52. The Kier molecular flexibility index (Phi) is 7.95. The SMILES string of the molecule is CC1(C)c2ccccc2-c2ccc(N(c3ccc(-c4ccccc4)cc3)c3cc4c(oc5cccc(-c6ccc7c(c6)c6ccccc6n7-c6ccccc6)c54)c4ccccc34)cc21. The van der Waals surface area contributed by atoms with Crippen LogP contribution in [0.2, 0.25) is 0 Å². The fourth-order valence-corrected chi connectivity index (χ4v) is 10.7. The molecule has 3 nitrogen and oxygen atoms in total. The van der Waals surface area contributed by atoms with Crippen LogP contribution in [0.5, 0.6) is 0 Å². The molecule has 0 bridgehead atoms. The zero-order valence-corrected chi connectivity index (χ0v) is 35.6. The van der Waals surface area contributed by atoms with E-state index in [0.29, 0.717) is 0 Å². The van der Waals surface area contributed by atoms with Gasteiger partial charge >= 0.3 is 0 Å². The van der Waals surface area contributed by atoms with Crippen molar-refractivity contribution in [3.8, 4) is 39.1 Å². The van der Waals surface area contributed by atoms with Gasteiger partial charge in [0.15, 0.2) is 0 Å². The molecule has 0 unspecified atom stereocenters. The van der Waals surface area contributed by atoms with Crippen LogP contribution in [-0.4, -0.2) is 4.57 Å². The Bertz CT molecular complexity index is 3800. The topological polar surface area (TPSA) is 21.3 Å². The molecule has 64 heavy (non-hydrogen) atoms. The van der Waals surface area contributed by atoms with E-state index in [1.54, 1.807) is 0 Å². The number of hydrogen-bond donors (Lipinski definition) is 0. The van der Waals surface area contributed by atoms with Crippen molar-refractivity contribution in [3.05, 3.63) is 230 Å². The fourth-order valence-electron chi connectivity index (χ4n) is 10.7. The van der Waals surface area contributed by atoms with Gasteiger partial charge in [0, 0.05) is 54.8 Å². The van der Waals surface area contributed by atoms with E-state index in [-0.39, 0.29) is 5.41 Å². The summed E-state index contributed by atoms with van der Waals surface area (Å²) in [5.74, 6) is 0. The highest BCUT2D eigenvalue weighted by atomic mass is 16.3. The van der Waals surface area contributed by atoms with Crippen molar-refractivity contribution in [2.75, 3.05) is 4.90 Å². The lowest BCUT2D eigenvalue weighted by Crippen LogP contribution is -2.16. The minimum atomic E-state index is -0.152. The number of benzene rings is 10. The summed E-state index contributed by atoms with van der Waals surface area (Å²) in [5, 5.41) is 6.86. The number of hydrogen-bond acceptors (Lipinski definition) is 2. The van der Waals surface area contributed by atoms with Gasteiger partial charge in [0.05, 0.1) is 16.7 Å². The maximum Gasteiger partial charge on any atom is 0.143 e. The Hall–Kier alpha value is -8.14. The number of nitrogens with zero attached hydrogens (tertiary/aromatic N) is 2. The van der Waals surface area contributed by atoms with Crippen molar-refractivity contribution in [3.63, 3.8) is 0 Å². The van der Waals surface area contributed by atoms with Gasteiger partial charge in [-0.15, -0.1) is 0 Å². The lowest BCUT2D eigenvalue weighted by molar-refractivity contribution is 0.660. The van der Waals surface area contributed by atoms with Gasteiger partial charge in [-0.1, -0.05) is 166 Å². The van der Waals surface area contributed by atoms with Crippen LogP contribution in [0.1, 0.15) is 25.0 Å². The third-order valence-electron chi connectivity index (χ3n) is 13.8. The summed E-state index contributed by atoms with van der Waals surface area (Å²) in [6, 6.07) is 79.6. The summed E-state index contributed by atoms with van der Waals surface area (Å²) in [4.78, 5) is 2.46. The van der Waals surface area contributed by atoms with Crippen molar-refractivity contribution in [1.29, 1.82) is 0 Å². The van der Waals surface area contributed by atoms with Gasteiger partial charge in [-0.2, -0.15) is 0 Å². The third kappa shape index (κ3) is 5.41. The summed E-state index contributed by atoms with van der Waals surface area (Å²) in [6.07, 6.45) is 0. The van der Waals surface area contributed by atoms with Crippen molar-refractivity contribution >= 4 is 71.6 Å². The van der Waals surface area contributed by atoms with Crippen LogP contribution in [0.3, 0.4) is 0 Å². The first kappa shape index (κ1) is 36.5. The molecule has 0 saturated carbocycles. The van der Waals surface area contributed by atoms with Crippen molar-refractivity contribution < 1.29 is 4.42 Å². The van der Waals surface area contributed by atoms with Gasteiger partial charge in [-0.3, -0.25) is 0 Å². The molecule has 1 aliphatic rings. The van der Waals surface area contributed by atoms with Crippen molar-refractivity contribution in [2.45, 2.75) is 19.3 Å². The van der Waals surface area contributed by atoms with Gasteiger partial charge in [-0.05, 0) is 111 Å². The summed E-state index contributed by atoms with van der Waals surface area (Å²) in [6.45, 7) is 4.72. The molecule has 0 saturated heterocycles. The standard InChI is InChI=1S/C61H42N2O/c1-61(2)53-25-13-11-20-46(53)47-34-33-44(37-54(47)61)62(43-31-28-40(29-32-43)39-16-5-3-6-17-39)57-38-52-59-45(24-15-27-58(59)64-60(52)50-23-10-9-21-48(50)57)41-30-35-56-51(36-41)49-22-12-14-26-55(49)63(56)42-18-7-4-8-19-42/h3-38H,1-2H3. The monoisotopic (exact) mass is 818 g/mol. The van der Waals surface area contributed by atoms with Crippen LogP contribution in [0.4, 0.5) is 17.1 Å². The molecular formula is C61H42N2O. The largest absolute Gasteiger partial charge is 0.455 e. The molecule has 0 spiro atoms. The lowest BCUT2D eigenvalue weighted by Gasteiger charge is -2.29. The molecule has 2 heterocycles. The van der Waals surface area contributed by atoms with Gasteiger partial charge < -0.3 is 13.9 Å². The molecule has 3 heteroatoms. The maximum absolute atomic E-state index is 6.96. The first-order chi connectivity index (χ1) is 31.5. The Morgan fingerprint density at radius 1 is 0.406 bits per heavy atom. The summed E-state index contributed by atoms with van der Waals surface area (Å²) >= 11 is 0. The Balaban J connectivity index is 1.05. The average Bonchev–Trinajstić information content (AvgIpc) is 3.98. The molecule has 0 amide bonds. The highest BCUT2D eigenvalue weighted by molar-refractivity contribution is 6.23. The molecular weight excluding hydrogens is 777 g/mol. The van der Waals surface area contributed by atoms with Gasteiger partial charge in [-0.25, -0.2) is 0 Å². The van der Waals surface area contributed by atoms with Crippen molar-refractivity contribution in [1.82, 2.24) is 4.57 Å². The molecule has 0 fully saturated rings. The summed E-state index contributed by atoms with van der Waals surface area (Å²) in [5.41, 5.74) is 18.5. The van der Waals surface area contributed by atoms with Crippen LogP contribution in [-0.2, 0) is 5.41 Å². The average molecular weight is 819 g/mol. The fraction of sp³-hybridized carbons (Fsp3) is 0.0492. The smallest absolute Gasteiger partial charge is 0.143 e. The maximum atomic E-state index is 6.96. The van der Waals surface area contributed by atoms with Crippen LogP contribution in [0.15, 0.2) is 223 Å². The quantitative estimate of drug-likeness (QED) is 0.167. The lowest BCUT2D eigenvalue weighted by atomic mass is 9.82. The third-order valence-corrected chi connectivity index (χ3v) is 13.8. The molecule has 0 N–H and O–H groups in total. The molecule has 0 aliphatic heterocycles. The van der Waals surface area contributed by atoms with E-state index in [9.17, 15) is 0 Å². The molecule has 10 aromatic carbocycles. The van der Waals surface area contributed by atoms with Crippen molar-refractivity contribution in [2.24, 2.45) is 0 Å². The van der Waals surface area contributed by atoms with E-state index in [2.05, 4.69) is 242 Å². The van der Waals surface area contributed by atoms with E-state index < -0.39 is 0 Å². The second-order valence-corrected chi connectivity index (χ2v) is 17.7. The minimum absolute atomic E-state index is 0.152. The second-order valence-electron chi connectivity index (χ2n) is 17.7. The van der Waals surface area contributed by atoms with E-state index in [1.165, 1.54) is 55.2 Å². The van der Waals surface area contributed by atoms with Gasteiger partial charge in [0.1, 0.15) is 11.2 Å². The minimum Gasteiger partial charge on any atom is -0.455 e. The predicted molar refractivity (Wildman–Crippen MR) is 269 cm³/mol. The predicted octanol–water partition coefficient (Wildman–Crippen LogP) is 16.9. The molecule has 2 aromatic heterocycles. The number of fused-ring (bicyclic) bond motifs is 11. The normalized spacial score (nSPS) is 13.0. The summed E-state index contributed by atoms with van der Waals surface area (Å²) < 4.78 is 9.33. The number of rotatable bonds is 6. The molecule has 302 valence electrons. The van der Waals surface area contributed by atoms with E-state index >= 15 is 0 Å². The van der Waals surface area contributed by atoms with E-state index in [4.69, 9.17) is 4.42 Å². The zero-order valence-electron chi connectivity index (χ0n) is 35.6. The zero-order chi connectivity index (χ0) is 42.5. The molecule has 0 atom stereocenters. The van der Waals surface area contributed by atoms with Crippen LogP contribution < -0.4 is 4.90 Å². The van der Waals surface area contributed by atoms with Crippen LogP contribution >= 0.6 is 0 Å². The Morgan fingerprint density at radius 3 is 1.86 bits per heavy atom. The van der Waals surface area contributed by atoms with Gasteiger partial charge in [0.25, 0.3) is 0 Å². The van der Waals surface area contributed by atoms with Gasteiger partial charge in [0.2, 0.25) is 0 Å². The van der Waals surface area contributed by atoms with E-state index in [0.717, 1.165) is 66.6 Å². The molecule has 13 rings (SSSR count). The number of anilines is 3.